The van der Waals surface area contributed by atoms with Crippen molar-refractivity contribution in [3.05, 3.63) is 64.3 Å². The van der Waals surface area contributed by atoms with Crippen LogP contribution in [0.15, 0.2) is 48.7 Å². The van der Waals surface area contributed by atoms with Gasteiger partial charge in [-0.15, -0.1) is 0 Å². The minimum Gasteiger partial charge on any atom is -0.479 e. The number of ether oxygens (including phenoxy) is 1. The van der Waals surface area contributed by atoms with E-state index in [2.05, 4.69) is 0 Å². The van der Waals surface area contributed by atoms with Gasteiger partial charge in [0.1, 0.15) is 5.75 Å². The summed E-state index contributed by atoms with van der Waals surface area (Å²) in [7, 11) is 0. The summed E-state index contributed by atoms with van der Waals surface area (Å²) in [5, 5.41) is 1.39. The zero-order valence-electron chi connectivity index (χ0n) is 13.2. The molecular formula is C18H14Cl2N2O3. The van der Waals surface area contributed by atoms with Gasteiger partial charge in [-0.1, -0.05) is 41.4 Å². The van der Waals surface area contributed by atoms with E-state index in [4.69, 9.17) is 33.7 Å². The molecule has 0 bridgehead atoms. The fraction of sp³-hybridized carbons (Fsp3) is 0.111. The van der Waals surface area contributed by atoms with Gasteiger partial charge in [-0.05, 0) is 31.2 Å². The first kappa shape index (κ1) is 17.3. The summed E-state index contributed by atoms with van der Waals surface area (Å²) in [4.78, 5) is 24.4. The molecule has 2 N–H and O–H groups in total. The highest BCUT2D eigenvalue weighted by atomic mass is 35.5. The first-order chi connectivity index (χ1) is 11.9. The highest BCUT2D eigenvalue weighted by Crippen LogP contribution is 2.29. The Bertz CT molecular complexity index is 982. The van der Waals surface area contributed by atoms with Crippen LogP contribution >= 0.6 is 23.2 Å². The average molecular weight is 377 g/mol. The van der Waals surface area contributed by atoms with Gasteiger partial charge in [0.05, 0.1) is 16.1 Å². The Hall–Kier alpha value is -2.50. The minimum atomic E-state index is -0.838. The summed E-state index contributed by atoms with van der Waals surface area (Å²) < 4.78 is 7.02. The molecule has 2 aromatic carbocycles. The third-order valence-corrected chi connectivity index (χ3v) is 4.29. The maximum Gasteiger partial charge on any atom is 0.271 e. The van der Waals surface area contributed by atoms with Crippen molar-refractivity contribution in [3.8, 4) is 5.75 Å². The van der Waals surface area contributed by atoms with E-state index in [1.165, 1.54) is 16.8 Å². The first-order valence-electron chi connectivity index (χ1n) is 7.44. The Morgan fingerprint density at radius 3 is 2.56 bits per heavy atom. The summed E-state index contributed by atoms with van der Waals surface area (Å²) in [6, 6.07) is 11.8. The Morgan fingerprint density at radius 2 is 1.88 bits per heavy atom. The predicted molar refractivity (Wildman–Crippen MR) is 97.6 cm³/mol. The molecule has 128 valence electrons. The Kier molecular flexibility index (Phi) is 4.70. The van der Waals surface area contributed by atoms with Gasteiger partial charge in [0.15, 0.2) is 6.10 Å². The predicted octanol–water partition coefficient (Wildman–Crippen LogP) is 4.15. The van der Waals surface area contributed by atoms with Crippen LogP contribution in [-0.2, 0) is 0 Å². The number of carbonyl (C=O) groups is 2. The fourth-order valence-corrected chi connectivity index (χ4v) is 3.02. The van der Waals surface area contributed by atoms with E-state index < -0.39 is 12.0 Å². The number of nitrogens with zero attached hydrogens (tertiary/aromatic N) is 1. The number of rotatable bonds is 4. The molecule has 0 saturated carbocycles. The monoisotopic (exact) mass is 376 g/mol. The zero-order valence-corrected chi connectivity index (χ0v) is 14.7. The van der Waals surface area contributed by atoms with Crippen LogP contribution in [-0.4, -0.2) is 22.5 Å². The number of hydrogen-bond donors (Lipinski definition) is 1. The number of para-hydroxylation sites is 1. The molecule has 0 aliphatic rings. The lowest BCUT2D eigenvalue weighted by atomic mass is 10.2. The molecule has 25 heavy (non-hydrogen) atoms. The van der Waals surface area contributed by atoms with Crippen molar-refractivity contribution >= 4 is 45.9 Å². The second-order valence-corrected chi connectivity index (χ2v) is 6.31. The molecule has 3 aromatic rings. The molecule has 1 heterocycles. The van der Waals surface area contributed by atoms with Crippen molar-refractivity contribution in [2.24, 2.45) is 5.73 Å². The van der Waals surface area contributed by atoms with E-state index in [0.717, 1.165) is 0 Å². The standard InChI is InChI=1S/C18H14Cl2N2O3/c1-10(25-16-7-6-11(19)8-14(16)20)18(24)22-9-13(17(21)23)12-4-2-3-5-15(12)22/h2-10H,1H3,(H2,21,23)/t10-/m1/s1. The van der Waals surface area contributed by atoms with Crippen LogP contribution in [0, 0.1) is 0 Å². The molecule has 5 nitrogen and oxygen atoms in total. The number of aromatic nitrogens is 1. The molecule has 0 fully saturated rings. The number of benzene rings is 2. The van der Waals surface area contributed by atoms with E-state index in [9.17, 15) is 9.59 Å². The largest absolute Gasteiger partial charge is 0.479 e. The average Bonchev–Trinajstić information content (AvgIpc) is 2.96. The van der Waals surface area contributed by atoms with Crippen molar-refractivity contribution < 1.29 is 14.3 Å². The highest BCUT2D eigenvalue weighted by Gasteiger charge is 2.22. The van der Waals surface area contributed by atoms with Crippen molar-refractivity contribution in [2.45, 2.75) is 13.0 Å². The number of fused-ring (bicyclic) bond motifs is 1. The number of hydrogen-bond acceptors (Lipinski definition) is 3. The summed E-state index contributed by atoms with van der Waals surface area (Å²) in [5.41, 5.74) is 6.26. The molecular weight excluding hydrogens is 363 g/mol. The Balaban J connectivity index is 1.95. The molecule has 1 aromatic heterocycles. The quantitative estimate of drug-likeness (QED) is 0.742. The van der Waals surface area contributed by atoms with Crippen molar-refractivity contribution in [2.75, 3.05) is 0 Å². The van der Waals surface area contributed by atoms with Crippen LogP contribution in [0.4, 0.5) is 0 Å². The maximum atomic E-state index is 12.8. The Labute approximate surface area is 153 Å². The minimum absolute atomic E-state index is 0.278. The maximum absolute atomic E-state index is 12.8. The van der Waals surface area contributed by atoms with Gasteiger partial charge in [0.2, 0.25) is 0 Å². The first-order valence-corrected chi connectivity index (χ1v) is 8.20. The van der Waals surface area contributed by atoms with Crippen LogP contribution in [0.2, 0.25) is 10.0 Å². The van der Waals surface area contributed by atoms with Crippen LogP contribution in [0.25, 0.3) is 10.9 Å². The summed E-state index contributed by atoms with van der Waals surface area (Å²) in [6.07, 6.45) is 0.591. The smallest absolute Gasteiger partial charge is 0.271 e. The normalized spacial score (nSPS) is 12.1. The van der Waals surface area contributed by atoms with Crippen LogP contribution in [0.3, 0.4) is 0 Å². The van der Waals surface area contributed by atoms with Gasteiger partial charge in [-0.25, -0.2) is 0 Å². The second-order valence-electron chi connectivity index (χ2n) is 5.47. The van der Waals surface area contributed by atoms with Crippen LogP contribution in [0.1, 0.15) is 22.1 Å². The molecule has 1 atom stereocenters. The van der Waals surface area contributed by atoms with E-state index in [1.807, 2.05) is 0 Å². The summed E-state index contributed by atoms with van der Waals surface area (Å²) >= 11 is 11.9. The van der Waals surface area contributed by atoms with Gasteiger partial charge < -0.3 is 10.5 Å². The number of carbonyl (C=O) groups excluding carboxylic acids is 2. The third-order valence-electron chi connectivity index (χ3n) is 3.76. The van der Waals surface area contributed by atoms with Crippen molar-refractivity contribution in [1.29, 1.82) is 0 Å². The lowest BCUT2D eigenvalue weighted by Crippen LogP contribution is -2.29. The highest BCUT2D eigenvalue weighted by molar-refractivity contribution is 6.35. The second kappa shape index (κ2) is 6.78. The van der Waals surface area contributed by atoms with Crippen molar-refractivity contribution in [1.82, 2.24) is 4.57 Å². The van der Waals surface area contributed by atoms with Crippen LogP contribution < -0.4 is 10.5 Å². The van der Waals surface area contributed by atoms with Gasteiger partial charge in [-0.2, -0.15) is 0 Å². The van der Waals surface area contributed by atoms with Gasteiger partial charge in [-0.3, -0.25) is 14.2 Å². The zero-order chi connectivity index (χ0) is 18.1. The van der Waals surface area contributed by atoms with Gasteiger partial charge in [0.25, 0.3) is 11.8 Å². The molecule has 0 unspecified atom stereocenters. The van der Waals surface area contributed by atoms with E-state index >= 15 is 0 Å². The molecule has 0 aliphatic heterocycles. The molecule has 1 amide bonds. The number of halogens is 2. The van der Waals surface area contributed by atoms with Gasteiger partial charge in [0, 0.05) is 16.6 Å². The summed E-state index contributed by atoms with van der Waals surface area (Å²) in [5.74, 6) is -0.606. The molecule has 0 aliphatic carbocycles. The summed E-state index contributed by atoms with van der Waals surface area (Å²) in [6.45, 7) is 1.60. The molecule has 0 spiro atoms. The third kappa shape index (κ3) is 3.34. The number of primary amides is 1. The number of amides is 1. The lowest BCUT2D eigenvalue weighted by molar-refractivity contribution is 0.0734. The van der Waals surface area contributed by atoms with Crippen molar-refractivity contribution in [3.63, 3.8) is 0 Å². The van der Waals surface area contributed by atoms with E-state index in [1.54, 1.807) is 43.3 Å². The fourth-order valence-electron chi connectivity index (χ4n) is 2.57. The van der Waals surface area contributed by atoms with Crippen LogP contribution in [0.5, 0.6) is 5.75 Å². The number of nitrogens with two attached hydrogens (primary N) is 1. The molecule has 0 saturated heterocycles. The lowest BCUT2D eigenvalue weighted by Gasteiger charge is -2.15. The SMILES string of the molecule is C[C@@H](Oc1ccc(Cl)cc1Cl)C(=O)n1cc(C(N)=O)c2ccccc21. The molecule has 3 rings (SSSR count). The van der Waals surface area contributed by atoms with E-state index in [-0.39, 0.29) is 11.5 Å². The van der Waals surface area contributed by atoms with Gasteiger partial charge >= 0.3 is 0 Å². The molecule has 0 radical (unpaired) electrons. The molecule has 7 heteroatoms. The topological polar surface area (TPSA) is 74.3 Å². The van der Waals surface area contributed by atoms with E-state index in [0.29, 0.717) is 26.7 Å². The Morgan fingerprint density at radius 1 is 1.16 bits per heavy atom.